The number of phenolic OH excluding ortho intramolecular Hbond substituents is 1. The highest BCUT2D eigenvalue weighted by molar-refractivity contribution is 5.93. The molecule has 4 amide bonds. The van der Waals surface area contributed by atoms with E-state index in [9.17, 15) is 24.6 Å². The largest absolute Gasteiger partial charge is 0.507 e. The minimum atomic E-state index is -0.886. The molecule has 4 saturated heterocycles. The predicted octanol–water partition coefficient (Wildman–Crippen LogP) is 5.59. The Labute approximate surface area is 401 Å². The van der Waals surface area contributed by atoms with Crippen LogP contribution in [0.1, 0.15) is 114 Å². The van der Waals surface area contributed by atoms with Gasteiger partial charge < -0.3 is 45.4 Å². The molecule has 5 atom stereocenters. The summed E-state index contributed by atoms with van der Waals surface area (Å²) in [5, 5.41) is 37.4. The van der Waals surface area contributed by atoms with E-state index < -0.39 is 23.6 Å². The molecule has 5 N–H and O–H groups in total. The summed E-state index contributed by atoms with van der Waals surface area (Å²) in [5.74, 6) is 2.10. The fraction of sp³-hybridized carbons (Fsp3) is 0.566. The number of aromatic nitrogens is 3. The number of aromatic amines is 1. The maximum atomic E-state index is 14.3. The van der Waals surface area contributed by atoms with Gasteiger partial charge in [0.15, 0.2) is 5.65 Å². The lowest BCUT2D eigenvalue weighted by molar-refractivity contribution is -0.142. The minimum Gasteiger partial charge on any atom is -0.507 e. The number of H-pyrrole nitrogens is 1. The van der Waals surface area contributed by atoms with Crippen molar-refractivity contribution >= 4 is 28.9 Å². The Morgan fingerprint density at radius 1 is 0.853 bits per heavy atom. The molecule has 0 bridgehead atoms. The van der Waals surface area contributed by atoms with Crippen molar-refractivity contribution < 1.29 is 24.6 Å². The predicted molar refractivity (Wildman–Crippen MR) is 262 cm³/mol. The number of hydrogen-bond donors (Lipinski definition) is 5. The van der Waals surface area contributed by atoms with Crippen molar-refractivity contribution in [2.45, 2.75) is 134 Å². The summed E-state index contributed by atoms with van der Waals surface area (Å²) < 4.78 is 0. The lowest BCUT2D eigenvalue weighted by Crippen LogP contribution is -2.60. The van der Waals surface area contributed by atoms with Crippen molar-refractivity contribution in [1.82, 2.24) is 50.3 Å². The molecule has 2 aromatic heterocycles. The molecular weight excluding hydrogens is 857 g/mol. The van der Waals surface area contributed by atoms with Crippen LogP contribution >= 0.6 is 0 Å². The van der Waals surface area contributed by atoms with Gasteiger partial charge in [0.2, 0.25) is 11.8 Å². The second kappa shape index (κ2) is 19.8. The van der Waals surface area contributed by atoms with Gasteiger partial charge in [-0.1, -0.05) is 51.0 Å². The molecule has 7 heterocycles. The molecule has 0 saturated carbocycles. The number of phenols is 1. The van der Waals surface area contributed by atoms with E-state index in [1.807, 2.05) is 75.1 Å². The summed E-state index contributed by atoms with van der Waals surface area (Å²) in [7, 11) is 0. The van der Waals surface area contributed by atoms with Crippen molar-refractivity contribution in [3.05, 3.63) is 77.0 Å². The number of carbonyl (C=O) groups excluding carboxylic acids is 3. The van der Waals surface area contributed by atoms with Gasteiger partial charge in [0.25, 0.3) is 0 Å². The van der Waals surface area contributed by atoms with Crippen LogP contribution in [0.4, 0.5) is 4.79 Å². The molecule has 9 rings (SSSR count). The van der Waals surface area contributed by atoms with E-state index >= 15 is 0 Å². The van der Waals surface area contributed by atoms with E-state index in [2.05, 4.69) is 59.4 Å². The normalized spacial score (nSPS) is 23.8. The number of aliphatic hydroxyl groups is 1. The summed E-state index contributed by atoms with van der Waals surface area (Å²) >= 11 is 0. The number of nitrogens with zero attached hydrogens (tertiary/aromatic N) is 7. The summed E-state index contributed by atoms with van der Waals surface area (Å²) in [5.41, 5.74) is 5.74. The summed E-state index contributed by atoms with van der Waals surface area (Å²) in [6.45, 7) is 16.6. The van der Waals surface area contributed by atoms with Gasteiger partial charge in [0.05, 0.1) is 17.8 Å². The lowest BCUT2D eigenvalue weighted by atomic mass is 9.85. The minimum absolute atomic E-state index is 0.0256. The van der Waals surface area contributed by atoms with Crippen LogP contribution in [0.15, 0.2) is 54.6 Å². The van der Waals surface area contributed by atoms with Crippen LogP contribution in [0.25, 0.3) is 22.3 Å². The number of urea groups is 1. The number of rotatable bonds is 9. The second-order valence-electron chi connectivity index (χ2n) is 21.1. The maximum absolute atomic E-state index is 14.3. The van der Waals surface area contributed by atoms with Crippen LogP contribution in [-0.4, -0.2) is 156 Å². The van der Waals surface area contributed by atoms with Crippen LogP contribution in [0.5, 0.6) is 5.75 Å². The number of piperidine rings is 3. The summed E-state index contributed by atoms with van der Waals surface area (Å²) in [6, 6.07) is 16.2. The first-order chi connectivity index (χ1) is 32.7. The van der Waals surface area contributed by atoms with Crippen molar-refractivity contribution in [3.63, 3.8) is 0 Å². The summed E-state index contributed by atoms with van der Waals surface area (Å²) in [4.78, 5) is 56.7. The zero-order valence-corrected chi connectivity index (χ0v) is 40.5. The Morgan fingerprint density at radius 2 is 1.49 bits per heavy atom. The van der Waals surface area contributed by atoms with E-state index in [-0.39, 0.29) is 48.6 Å². The third-order valence-corrected chi connectivity index (χ3v) is 15.8. The topological polar surface area (TPSA) is 173 Å². The first-order valence-electron chi connectivity index (χ1n) is 25.0. The molecule has 5 aliphatic heterocycles. The summed E-state index contributed by atoms with van der Waals surface area (Å²) in [6.07, 6.45) is 12.1. The van der Waals surface area contributed by atoms with Gasteiger partial charge in [-0.3, -0.25) is 14.5 Å². The van der Waals surface area contributed by atoms with Gasteiger partial charge in [-0.2, -0.15) is 0 Å². The Bertz CT molecular complexity index is 2490. The number of terminal acetylenes is 1. The Kier molecular flexibility index (Phi) is 13.9. The fourth-order valence-corrected chi connectivity index (χ4v) is 11.9. The average molecular weight is 927 g/mol. The van der Waals surface area contributed by atoms with Gasteiger partial charge >= 0.3 is 6.03 Å². The van der Waals surface area contributed by atoms with Gasteiger partial charge in [-0.05, 0) is 125 Å². The zero-order chi connectivity index (χ0) is 47.9. The molecule has 5 aliphatic rings. The molecule has 0 aliphatic carbocycles. The van der Waals surface area contributed by atoms with Gasteiger partial charge in [-0.15, -0.1) is 16.6 Å². The van der Waals surface area contributed by atoms with Crippen LogP contribution in [0.3, 0.4) is 0 Å². The number of nitrogens with one attached hydrogen (secondary N) is 3. The number of β-amino-alcohol motifs (C(OH)–C–C–N with tert-alkyl or cyclic N) is 1. The number of aromatic hydroxyl groups is 1. The van der Waals surface area contributed by atoms with Crippen LogP contribution in [0.2, 0.25) is 0 Å². The van der Waals surface area contributed by atoms with E-state index in [1.165, 1.54) is 16.2 Å². The quantitative estimate of drug-likeness (QED) is 0.133. The number of para-hydroxylation sites is 1. The monoisotopic (exact) mass is 927 g/mol. The van der Waals surface area contributed by atoms with E-state index in [1.54, 1.807) is 6.07 Å². The number of carbonyl (C=O) groups is 3. The van der Waals surface area contributed by atoms with Crippen molar-refractivity contribution in [2.75, 3.05) is 52.4 Å². The lowest BCUT2D eigenvalue weighted by Gasteiger charge is -2.47. The fourth-order valence-electron chi connectivity index (χ4n) is 11.9. The highest BCUT2D eigenvalue weighted by atomic mass is 16.3. The number of aliphatic hydroxyl groups excluding tert-OH is 1. The molecule has 0 radical (unpaired) electrons. The molecular formula is C53H70N10O5. The second-order valence-corrected chi connectivity index (χ2v) is 21.1. The molecule has 0 spiro atoms. The third-order valence-electron chi connectivity index (χ3n) is 15.8. The van der Waals surface area contributed by atoms with E-state index in [0.29, 0.717) is 42.5 Å². The SMILES string of the molecule is C#Cc1ccc([C@H](C)NC(=O)[C@@H]2C[C@@H](O)CN2C(=O)[C@@H](NC(=O)N2CCC(N3CCC(N4CCC(N5CCc6[nH]c7nnc(-c8ccccc8O)cc7c6[C@H]5C)CC4)CC3)CC2)C(C)(C)C)cc1. The Hall–Kier alpha value is -5.53. The Balaban J connectivity index is 0.733. The van der Waals surface area contributed by atoms with E-state index in [0.717, 1.165) is 99.8 Å². The molecule has 15 heteroatoms. The van der Waals surface area contributed by atoms with Crippen LogP contribution < -0.4 is 10.6 Å². The van der Waals surface area contributed by atoms with Crippen LogP contribution in [0, 0.1) is 17.8 Å². The average Bonchev–Trinajstić information content (AvgIpc) is 3.93. The smallest absolute Gasteiger partial charge is 0.318 e. The van der Waals surface area contributed by atoms with Crippen molar-refractivity contribution in [2.24, 2.45) is 5.41 Å². The van der Waals surface area contributed by atoms with Crippen LogP contribution in [-0.2, 0) is 16.0 Å². The molecule has 15 nitrogen and oxygen atoms in total. The number of amides is 4. The van der Waals surface area contributed by atoms with Gasteiger partial charge in [-0.25, -0.2) is 4.79 Å². The number of fused-ring (bicyclic) bond motifs is 3. The van der Waals surface area contributed by atoms with E-state index in [4.69, 9.17) is 6.42 Å². The molecule has 4 fully saturated rings. The molecule has 4 aromatic rings. The standard InChI is InChI=1S/C53H70N10O5/c1-7-35-12-14-36(15-13-35)33(2)54-50(66)45-30-40(64)32-63(45)51(67)48(53(4,5)6)56-52(68)61-27-18-38(19-28-61)59-23-16-37(17-24-59)60-25-20-39(21-26-60)62-29-22-43-47(34(62)3)42-31-44(57-58-49(42)55-43)41-10-8-9-11-46(41)65/h1,8-15,31,33-34,37-40,45,48,64-65H,16-30,32H2,2-6H3,(H,54,66)(H,55,58)(H,56,68)/t33-,34+,40+,45-,48+/m0/s1. The van der Waals surface area contributed by atoms with Gasteiger partial charge in [0.1, 0.15) is 17.8 Å². The zero-order valence-electron chi connectivity index (χ0n) is 40.5. The number of benzene rings is 2. The Morgan fingerprint density at radius 3 is 2.12 bits per heavy atom. The number of hydrogen-bond acceptors (Lipinski definition) is 10. The molecule has 0 unspecified atom stereocenters. The first-order valence-corrected chi connectivity index (χ1v) is 25.0. The van der Waals surface area contributed by atoms with Crippen molar-refractivity contribution in [3.8, 4) is 29.4 Å². The highest BCUT2D eigenvalue weighted by Crippen LogP contribution is 2.40. The van der Waals surface area contributed by atoms with Gasteiger partial charge in [0, 0.05) is 85.4 Å². The third kappa shape index (κ3) is 9.83. The molecule has 362 valence electrons. The molecule has 68 heavy (non-hydrogen) atoms. The number of likely N-dealkylation sites (tertiary alicyclic amines) is 4. The first kappa shape index (κ1) is 47.5. The molecule has 2 aromatic carbocycles. The highest BCUT2D eigenvalue weighted by Gasteiger charge is 2.46. The van der Waals surface area contributed by atoms with Crippen molar-refractivity contribution in [1.29, 1.82) is 0 Å². The maximum Gasteiger partial charge on any atom is 0.318 e.